The van der Waals surface area contributed by atoms with Crippen molar-refractivity contribution in [1.29, 1.82) is 0 Å². The number of nitrogens with two attached hydrogens (primary N) is 1. The molecule has 2 rings (SSSR count). The summed E-state index contributed by atoms with van der Waals surface area (Å²) >= 11 is 0. The van der Waals surface area contributed by atoms with Crippen molar-refractivity contribution < 1.29 is 0 Å². The molecule has 0 radical (unpaired) electrons. The zero-order valence-electron chi connectivity index (χ0n) is 7.24. The molecule has 0 spiro atoms. The van der Waals surface area contributed by atoms with E-state index in [0.29, 0.717) is 6.04 Å². The van der Waals surface area contributed by atoms with Crippen molar-refractivity contribution in [1.82, 2.24) is 9.78 Å². The van der Waals surface area contributed by atoms with Crippen LogP contribution in [0.2, 0.25) is 0 Å². The molecule has 2 N–H and O–H groups in total. The van der Waals surface area contributed by atoms with Crippen LogP contribution in [-0.2, 0) is 6.42 Å². The zero-order valence-corrected chi connectivity index (χ0v) is 7.24. The highest BCUT2D eigenvalue weighted by atomic mass is 15.3. The van der Waals surface area contributed by atoms with Gasteiger partial charge >= 0.3 is 0 Å². The Morgan fingerprint density at radius 2 is 2.58 bits per heavy atom. The van der Waals surface area contributed by atoms with E-state index in [-0.39, 0.29) is 0 Å². The molecular weight excluding hydrogens is 150 g/mol. The van der Waals surface area contributed by atoms with Crippen molar-refractivity contribution in [2.75, 3.05) is 6.54 Å². The monoisotopic (exact) mass is 165 g/mol. The molecule has 1 unspecified atom stereocenters. The largest absolute Gasteiger partial charge is 0.330 e. The van der Waals surface area contributed by atoms with Crippen LogP contribution in [0.15, 0.2) is 12.3 Å². The van der Waals surface area contributed by atoms with Gasteiger partial charge in [-0.05, 0) is 38.3 Å². The fourth-order valence-electron chi connectivity index (χ4n) is 1.97. The Kier molecular flexibility index (Phi) is 2.13. The molecule has 1 aromatic heterocycles. The Morgan fingerprint density at radius 3 is 3.42 bits per heavy atom. The molecule has 1 aliphatic rings. The lowest BCUT2D eigenvalue weighted by molar-refractivity contribution is 0.350. The van der Waals surface area contributed by atoms with Crippen LogP contribution in [0.25, 0.3) is 0 Å². The first-order valence-corrected chi connectivity index (χ1v) is 4.64. The molecule has 0 fully saturated rings. The lowest BCUT2D eigenvalue weighted by Crippen LogP contribution is -2.21. The van der Waals surface area contributed by atoms with Crippen LogP contribution >= 0.6 is 0 Å². The van der Waals surface area contributed by atoms with Gasteiger partial charge in [0.2, 0.25) is 0 Å². The average molecular weight is 165 g/mol. The summed E-state index contributed by atoms with van der Waals surface area (Å²) in [6.07, 6.45) is 6.67. The second kappa shape index (κ2) is 3.27. The van der Waals surface area contributed by atoms with Gasteiger partial charge in [-0.2, -0.15) is 5.10 Å². The van der Waals surface area contributed by atoms with Crippen LogP contribution in [0, 0.1) is 0 Å². The van der Waals surface area contributed by atoms with Crippen LogP contribution in [0.1, 0.15) is 31.0 Å². The van der Waals surface area contributed by atoms with Gasteiger partial charge in [-0.25, -0.2) is 0 Å². The van der Waals surface area contributed by atoms with Crippen molar-refractivity contribution in [2.24, 2.45) is 5.73 Å². The van der Waals surface area contributed by atoms with Crippen LogP contribution in [0.3, 0.4) is 0 Å². The first-order valence-electron chi connectivity index (χ1n) is 4.64. The average Bonchev–Trinajstić information content (AvgIpc) is 2.53. The third-order valence-corrected chi connectivity index (χ3v) is 2.57. The highest BCUT2D eigenvalue weighted by molar-refractivity contribution is 5.04. The van der Waals surface area contributed by atoms with Gasteiger partial charge in [0.25, 0.3) is 0 Å². The van der Waals surface area contributed by atoms with Crippen molar-refractivity contribution in [3.05, 3.63) is 18.0 Å². The molecule has 1 aromatic rings. The third kappa shape index (κ3) is 1.25. The van der Waals surface area contributed by atoms with E-state index in [0.717, 1.165) is 13.0 Å². The number of fused-ring (bicyclic) bond motifs is 1. The summed E-state index contributed by atoms with van der Waals surface area (Å²) in [4.78, 5) is 0. The molecule has 0 bridgehead atoms. The van der Waals surface area contributed by atoms with Gasteiger partial charge in [-0.3, -0.25) is 4.68 Å². The topological polar surface area (TPSA) is 43.8 Å². The fourth-order valence-corrected chi connectivity index (χ4v) is 1.97. The van der Waals surface area contributed by atoms with Gasteiger partial charge in [0.1, 0.15) is 0 Å². The highest BCUT2D eigenvalue weighted by Crippen LogP contribution is 2.25. The zero-order chi connectivity index (χ0) is 8.39. The minimum atomic E-state index is 0.564. The van der Waals surface area contributed by atoms with Gasteiger partial charge in [0.15, 0.2) is 0 Å². The van der Waals surface area contributed by atoms with Gasteiger partial charge in [0.05, 0.1) is 6.04 Å². The predicted molar refractivity (Wildman–Crippen MR) is 47.9 cm³/mol. The van der Waals surface area contributed by atoms with E-state index in [2.05, 4.69) is 15.8 Å². The van der Waals surface area contributed by atoms with E-state index in [9.17, 15) is 0 Å². The summed E-state index contributed by atoms with van der Waals surface area (Å²) in [5.74, 6) is 0. The van der Waals surface area contributed by atoms with Crippen molar-refractivity contribution in [3.63, 3.8) is 0 Å². The van der Waals surface area contributed by atoms with Crippen LogP contribution in [-0.4, -0.2) is 16.3 Å². The fraction of sp³-hybridized carbons (Fsp3) is 0.667. The maximum Gasteiger partial charge on any atom is 0.0534 e. The van der Waals surface area contributed by atoms with Crippen LogP contribution < -0.4 is 5.73 Å². The number of nitrogens with zero attached hydrogens (tertiary/aromatic N) is 2. The molecule has 0 saturated carbocycles. The van der Waals surface area contributed by atoms with E-state index < -0.39 is 0 Å². The maximum atomic E-state index is 5.54. The highest BCUT2D eigenvalue weighted by Gasteiger charge is 2.18. The van der Waals surface area contributed by atoms with E-state index in [1.54, 1.807) is 0 Å². The van der Waals surface area contributed by atoms with Crippen LogP contribution in [0.4, 0.5) is 0 Å². The Balaban J connectivity index is 2.19. The third-order valence-electron chi connectivity index (χ3n) is 2.57. The molecule has 1 atom stereocenters. The lowest BCUT2D eigenvalue weighted by atomic mass is 10.0. The standard InChI is InChI=1S/C9H15N3/c10-6-4-8-2-1-3-9-5-7-11-12(8)9/h5,7-8H,1-4,6,10H2. The molecule has 0 saturated heterocycles. The number of rotatable bonds is 2. The maximum absolute atomic E-state index is 5.54. The molecule has 0 amide bonds. The van der Waals surface area contributed by atoms with Gasteiger partial charge in [0, 0.05) is 11.9 Å². The Morgan fingerprint density at radius 1 is 1.67 bits per heavy atom. The second-order valence-corrected chi connectivity index (χ2v) is 3.39. The van der Waals surface area contributed by atoms with Crippen molar-refractivity contribution in [2.45, 2.75) is 31.7 Å². The van der Waals surface area contributed by atoms with Crippen molar-refractivity contribution in [3.8, 4) is 0 Å². The van der Waals surface area contributed by atoms with E-state index in [1.807, 2.05) is 6.20 Å². The molecule has 2 heterocycles. The SMILES string of the molecule is NCCC1CCCc2ccnn21. The molecular formula is C9H15N3. The number of aromatic nitrogens is 2. The van der Waals surface area contributed by atoms with E-state index >= 15 is 0 Å². The molecule has 0 aromatic carbocycles. The van der Waals surface area contributed by atoms with Crippen molar-refractivity contribution >= 4 is 0 Å². The van der Waals surface area contributed by atoms with Gasteiger partial charge in [-0.1, -0.05) is 0 Å². The summed E-state index contributed by atoms with van der Waals surface area (Å²) in [6.45, 7) is 0.768. The molecule has 0 aliphatic carbocycles. The summed E-state index contributed by atoms with van der Waals surface area (Å²) in [7, 11) is 0. The number of hydrogen-bond donors (Lipinski definition) is 1. The Bertz CT molecular complexity index is 254. The minimum Gasteiger partial charge on any atom is -0.330 e. The minimum absolute atomic E-state index is 0.564. The molecule has 1 aliphatic heterocycles. The summed E-state index contributed by atoms with van der Waals surface area (Å²) in [5, 5.41) is 4.32. The van der Waals surface area contributed by atoms with Crippen LogP contribution in [0.5, 0.6) is 0 Å². The number of hydrogen-bond acceptors (Lipinski definition) is 2. The smallest absolute Gasteiger partial charge is 0.0534 e. The summed E-state index contributed by atoms with van der Waals surface area (Å²) in [6, 6.07) is 2.68. The first kappa shape index (κ1) is 7.80. The summed E-state index contributed by atoms with van der Waals surface area (Å²) in [5.41, 5.74) is 6.92. The lowest BCUT2D eigenvalue weighted by Gasteiger charge is -2.23. The number of aryl methyl sites for hydroxylation is 1. The van der Waals surface area contributed by atoms with E-state index in [1.165, 1.54) is 25.0 Å². The predicted octanol–water partition coefficient (Wildman–Crippen LogP) is 1.11. The normalized spacial score (nSPS) is 22.2. The molecule has 66 valence electrons. The second-order valence-electron chi connectivity index (χ2n) is 3.39. The quantitative estimate of drug-likeness (QED) is 0.713. The molecule has 3 nitrogen and oxygen atoms in total. The van der Waals surface area contributed by atoms with Gasteiger partial charge in [-0.15, -0.1) is 0 Å². The summed E-state index contributed by atoms with van der Waals surface area (Å²) < 4.78 is 2.15. The Labute approximate surface area is 72.6 Å². The van der Waals surface area contributed by atoms with E-state index in [4.69, 9.17) is 5.73 Å². The molecule has 12 heavy (non-hydrogen) atoms. The Hall–Kier alpha value is -0.830. The molecule has 3 heteroatoms. The van der Waals surface area contributed by atoms with Gasteiger partial charge < -0.3 is 5.73 Å². The first-order chi connectivity index (χ1) is 5.92.